The number of hydrogen-bond acceptors (Lipinski definition) is 4. The Morgan fingerprint density at radius 3 is 2.41 bits per heavy atom. The summed E-state index contributed by atoms with van der Waals surface area (Å²) in [4.78, 5) is 26.5. The Morgan fingerprint density at radius 1 is 0.897 bits per heavy atom. The van der Waals surface area contributed by atoms with Crippen molar-refractivity contribution in [2.75, 3.05) is 7.11 Å². The van der Waals surface area contributed by atoms with E-state index in [1.165, 1.54) is 7.11 Å². The zero-order valence-corrected chi connectivity index (χ0v) is 22.2. The molecule has 0 radical (unpaired) electrons. The molecule has 5 nitrogen and oxygen atoms in total. The van der Waals surface area contributed by atoms with Crippen molar-refractivity contribution in [1.82, 2.24) is 4.57 Å². The Hall–Kier alpha value is -4.35. The number of ketones is 1. The molecular formula is C33H26ClNO4. The third-order valence-electron chi connectivity index (χ3n) is 7.31. The maximum absolute atomic E-state index is 13.7. The van der Waals surface area contributed by atoms with Gasteiger partial charge in [0.25, 0.3) is 0 Å². The van der Waals surface area contributed by atoms with Crippen LogP contribution in [0.3, 0.4) is 0 Å². The summed E-state index contributed by atoms with van der Waals surface area (Å²) in [5.74, 6) is 1.08. The fourth-order valence-electron chi connectivity index (χ4n) is 5.54. The lowest BCUT2D eigenvalue weighted by atomic mass is 9.81. The van der Waals surface area contributed by atoms with Crippen LogP contribution in [0.25, 0.3) is 10.9 Å². The van der Waals surface area contributed by atoms with Crippen LogP contribution >= 0.6 is 11.6 Å². The summed E-state index contributed by atoms with van der Waals surface area (Å²) < 4.78 is 13.3. The minimum Gasteiger partial charge on any atom is -0.465 e. The van der Waals surface area contributed by atoms with Gasteiger partial charge in [-0.05, 0) is 72.0 Å². The number of carbonyl (C=O) groups excluding carboxylic acids is 2. The highest BCUT2D eigenvalue weighted by molar-refractivity contribution is 6.30. The van der Waals surface area contributed by atoms with Gasteiger partial charge in [-0.2, -0.15) is 0 Å². The van der Waals surface area contributed by atoms with E-state index in [1.807, 2.05) is 91.0 Å². The smallest absolute Gasteiger partial charge is 0.338 e. The summed E-state index contributed by atoms with van der Waals surface area (Å²) >= 11 is 6.13. The van der Waals surface area contributed by atoms with Gasteiger partial charge in [0.15, 0.2) is 5.78 Å². The van der Waals surface area contributed by atoms with E-state index in [0.29, 0.717) is 40.9 Å². The summed E-state index contributed by atoms with van der Waals surface area (Å²) in [5.41, 5.74) is 4.88. The summed E-state index contributed by atoms with van der Waals surface area (Å²) in [5, 5.41) is 1.33. The average Bonchev–Trinajstić information content (AvgIpc) is 3.27. The van der Waals surface area contributed by atoms with Crippen molar-refractivity contribution in [3.63, 3.8) is 0 Å². The number of esters is 1. The summed E-state index contributed by atoms with van der Waals surface area (Å²) in [6.45, 7) is 0.517. The topological polar surface area (TPSA) is 57.5 Å². The Bertz CT molecular complexity index is 1690. The maximum atomic E-state index is 13.7. The highest BCUT2D eigenvalue weighted by atomic mass is 35.5. The standard InChI is InChI=1S/C33H26ClNO4/c1-38-33(37)27-11-6-12-28-31(27)32-29(18-23(19-30(32)36)22-13-15-24(34)16-14-22)35(28)20-21-7-5-10-26(17-21)39-25-8-3-2-4-9-25/h2-17,23H,18-20H2,1H3. The van der Waals surface area contributed by atoms with Crippen LogP contribution in [0.15, 0.2) is 97.1 Å². The molecule has 1 unspecified atom stereocenters. The minimum atomic E-state index is -0.452. The van der Waals surface area contributed by atoms with Crippen molar-refractivity contribution in [3.8, 4) is 11.5 Å². The number of methoxy groups -OCH3 is 1. The predicted octanol–water partition coefficient (Wildman–Crippen LogP) is 7.83. The zero-order valence-electron chi connectivity index (χ0n) is 21.4. The molecule has 0 bridgehead atoms. The molecule has 0 saturated heterocycles. The molecule has 1 heterocycles. The average molecular weight is 536 g/mol. The van der Waals surface area contributed by atoms with Gasteiger partial charge in [-0.1, -0.05) is 60.1 Å². The SMILES string of the molecule is COC(=O)c1cccc2c1c1c(n2Cc2cccc(Oc3ccccc3)c2)CC(c2ccc(Cl)cc2)CC1=O. The number of aromatic nitrogens is 1. The number of carbonyl (C=O) groups is 2. The molecule has 5 aromatic rings. The third-order valence-corrected chi connectivity index (χ3v) is 7.56. The lowest BCUT2D eigenvalue weighted by molar-refractivity contribution is 0.0603. The monoisotopic (exact) mass is 535 g/mol. The van der Waals surface area contributed by atoms with Gasteiger partial charge in [0.1, 0.15) is 11.5 Å². The molecule has 1 atom stereocenters. The number of para-hydroxylation sites is 1. The Balaban J connectivity index is 1.46. The van der Waals surface area contributed by atoms with E-state index >= 15 is 0 Å². The van der Waals surface area contributed by atoms with E-state index in [1.54, 1.807) is 6.07 Å². The molecule has 4 aromatic carbocycles. The van der Waals surface area contributed by atoms with Gasteiger partial charge in [0.2, 0.25) is 0 Å². The lowest BCUT2D eigenvalue weighted by Gasteiger charge is -2.24. The van der Waals surface area contributed by atoms with E-state index in [2.05, 4.69) is 4.57 Å². The van der Waals surface area contributed by atoms with Crippen molar-refractivity contribution in [2.24, 2.45) is 0 Å². The number of rotatable bonds is 6. The molecule has 1 aliphatic carbocycles. The first-order valence-corrected chi connectivity index (χ1v) is 13.2. The van der Waals surface area contributed by atoms with Crippen molar-refractivity contribution in [2.45, 2.75) is 25.3 Å². The number of benzene rings is 4. The van der Waals surface area contributed by atoms with Crippen molar-refractivity contribution in [3.05, 3.63) is 130 Å². The molecule has 0 amide bonds. The van der Waals surface area contributed by atoms with Gasteiger partial charge in [0.05, 0.1) is 18.2 Å². The molecule has 1 aliphatic rings. The second-order valence-corrected chi connectivity index (χ2v) is 10.2. The van der Waals surface area contributed by atoms with Crippen LogP contribution in [0.1, 0.15) is 49.9 Å². The van der Waals surface area contributed by atoms with E-state index in [0.717, 1.165) is 33.8 Å². The van der Waals surface area contributed by atoms with Gasteiger partial charge in [-0.3, -0.25) is 4.79 Å². The fourth-order valence-corrected chi connectivity index (χ4v) is 5.67. The van der Waals surface area contributed by atoms with E-state index in [-0.39, 0.29) is 11.7 Å². The van der Waals surface area contributed by atoms with Gasteiger partial charge >= 0.3 is 5.97 Å². The Morgan fingerprint density at radius 2 is 1.64 bits per heavy atom. The third kappa shape index (κ3) is 4.82. The van der Waals surface area contributed by atoms with Crippen LogP contribution in [0.2, 0.25) is 5.02 Å². The quantitative estimate of drug-likeness (QED) is 0.208. The first-order chi connectivity index (χ1) is 19.0. The van der Waals surface area contributed by atoms with Gasteiger partial charge in [0, 0.05) is 34.6 Å². The molecule has 0 saturated carbocycles. The van der Waals surface area contributed by atoms with Crippen LogP contribution in [-0.2, 0) is 17.7 Å². The number of fused-ring (bicyclic) bond motifs is 3. The van der Waals surface area contributed by atoms with Gasteiger partial charge in [-0.15, -0.1) is 0 Å². The van der Waals surface area contributed by atoms with Crippen LogP contribution in [0.5, 0.6) is 11.5 Å². The number of nitrogens with zero attached hydrogens (tertiary/aromatic N) is 1. The fraction of sp³-hybridized carbons (Fsp3) is 0.152. The van der Waals surface area contributed by atoms with Crippen LogP contribution in [0, 0.1) is 0 Å². The highest BCUT2D eigenvalue weighted by Gasteiger charge is 2.34. The molecule has 6 heteroatoms. The second kappa shape index (κ2) is 10.4. The number of Topliss-reactive ketones (excluding diaryl/α,β-unsaturated/α-hetero) is 1. The largest absolute Gasteiger partial charge is 0.465 e. The molecular weight excluding hydrogens is 510 g/mol. The molecule has 0 fully saturated rings. The van der Waals surface area contributed by atoms with Crippen molar-refractivity contribution < 1.29 is 19.1 Å². The normalized spacial score (nSPS) is 14.7. The number of hydrogen-bond donors (Lipinski definition) is 0. The molecule has 0 spiro atoms. The zero-order chi connectivity index (χ0) is 26.9. The van der Waals surface area contributed by atoms with Crippen LogP contribution in [0.4, 0.5) is 0 Å². The summed E-state index contributed by atoms with van der Waals surface area (Å²) in [6, 6.07) is 30.8. The highest BCUT2D eigenvalue weighted by Crippen LogP contribution is 2.40. The van der Waals surface area contributed by atoms with Crippen molar-refractivity contribution in [1.29, 1.82) is 0 Å². The molecule has 0 N–H and O–H groups in total. The lowest BCUT2D eigenvalue weighted by Crippen LogP contribution is -2.21. The molecule has 0 aliphatic heterocycles. The van der Waals surface area contributed by atoms with Crippen LogP contribution < -0.4 is 4.74 Å². The molecule has 39 heavy (non-hydrogen) atoms. The van der Waals surface area contributed by atoms with Gasteiger partial charge < -0.3 is 14.0 Å². The Kier molecular flexibility index (Phi) is 6.67. The molecule has 1 aromatic heterocycles. The maximum Gasteiger partial charge on any atom is 0.338 e. The number of halogens is 1. The Labute approximate surface area is 231 Å². The second-order valence-electron chi connectivity index (χ2n) is 9.74. The minimum absolute atomic E-state index is 0.0136. The molecule has 194 valence electrons. The summed E-state index contributed by atoms with van der Waals surface area (Å²) in [6.07, 6.45) is 1.03. The van der Waals surface area contributed by atoms with Gasteiger partial charge in [-0.25, -0.2) is 4.79 Å². The van der Waals surface area contributed by atoms with Crippen LogP contribution in [-0.4, -0.2) is 23.4 Å². The predicted molar refractivity (Wildman–Crippen MR) is 152 cm³/mol. The first-order valence-electron chi connectivity index (χ1n) is 12.8. The van der Waals surface area contributed by atoms with E-state index in [9.17, 15) is 9.59 Å². The number of ether oxygens (including phenoxy) is 2. The molecule has 6 rings (SSSR count). The summed E-state index contributed by atoms with van der Waals surface area (Å²) in [7, 11) is 1.36. The van der Waals surface area contributed by atoms with Crippen molar-refractivity contribution >= 4 is 34.3 Å². The van der Waals surface area contributed by atoms with E-state index in [4.69, 9.17) is 21.1 Å². The van der Waals surface area contributed by atoms with E-state index < -0.39 is 5.97 Å². The first kappa shape index (κ1) is 25.0.